The SMILES string of the molecule is CCCCCCCCCCCC[N+](C)(C)CCCCCCCCCCC(=O)O.[OH-]. The molecule has 0 radical (unpaired) electrons. The largest absolute Gasteiger partial charge is 0.870 e. The summed E-state index contributed by atoms with van der Waals surface area (Å²) in [6.45, 7) is 4.94. The third kappa shape index (κ3) is 25.4. The molecule has 29 heavy (non-hydrogen) atoms. The number of carboxylic acids is 1. The number of carboxylic acid groups (broad SMARTS) is 1. The fourth-order valence-electron chi connectivity index (χ4n) is 4.02. The fraction of sp³-hybridized carbons (Fsp3) is 0.960. The Bertz CT molecular complexity index is 345. The van der Waals surface area contributed by atoms with Crippen LogP contribution in [0.15, 0.2) is 0 Å². The van der Waals surface area contributed by atoms with Crippen molar-refractivity contribution in [1.29, 1.82) is 0 Å². The average molecular weight is 416 g/mol. The molecule has 0 aromatic rings. The molecule has 0 aliphatic heterocycles. The molecule has 0 spiro atoms. The molecule has 176 valence electrons. The summed E-state index contributed by atoms with van der Waals surface area (Å²) in [6, 6.07) is 0. The third-order valence-corrected chi connectivity index (χ3v) is 6.02. The smallest absolute Gasteiger partial charge is 0.303 e. The molecule has 0 rings (SSSR count). The Morgan fingerprint density at radius 1 is 0.586 bits per heavy atom. The molecule has 0 saturated carbocycles. The summed E-state index contributed by atoms with van der Waals surface area (Å²) in [6.07, 6.45) is 24.3. The summed E-state index contributed by atoms with van der Waals surface area (Å²) in [4.78, 5) is 10.5. The molecule has 0 aromatic carbocycles. The average Bonchev–Trinajstić information content (AvgIpc) is 2.64. The lowest BCUT2D eigenvalue weighted by atomic mass is 10.1. The van der Waals surface area contributed by atoms with Crippen molar-refractivity contribution in [2.75, 3.05) is 27.2 Å². The van der Waals surface area contributed by atoms with Gasteiger partial charge in [0.15, 0.2) is 0 Å². The van der Waals surface area contributed by atoms with E-state index in [-0.39, 0.29) is 5.48 Å². The van der Waals surface area contributed by atoms with E-state index in [9.17, 15) is 4.79 Å². The van der Waals surface area contributed by atoms with E-state index >= 15 is 0 Å². The summed E-state index contributed by atoms with van der Waals surface area (Å²) in [5.41, 5.74) is 0. The second-order valence-electron chi connectivity index (χ2n) is 9.54. The van der Waals surface area contributed by atoms with Crippen LogP contribution in [0.5, 0.6) is 0 Å². The Balaban J connectivity index is 0. The molecule has 0 fully saturated rings. The molecule has 0 aromatic heterocycles. The number of rotatable bonds is 22. The van der Waals surface area contributed by atoms with Crippen LogP contribution < -0.4 is 0 Å². The van der Waals surface area contributed by atoms with E-state index in [0.29, 0.717) is 6.42 Å². The van der Waals surface area contributed by atoms with Crippen LogP contribution in [0.25, 0.3) is 0 Å². The molecular formula is C25H53NO3. The Labute approximate surface area is 182 Å². The van der Waals surface area contributed by atoms with E-state index in [1.165, 1.54) is 120 Å². The number of hydrogen-bond acceptors (Lipinski definition) is 2. The van der Waals surface area contributed by atoms with Gasteiger partial charge in [0, 0.05) is 6.42 Å². The molecule has 4 nitrogen and oxygen atoms in total. The molecule has 0 aliphatic rings. The van der Waals surface area contributed by atoms with Gasteiger partial charge in [0.1, 0.15) is 0 Å². The van der Waals surface area contributed by atoms with Gasteiger partial charge < -0.3 is 15.1 Å². The molecule has 0 aliphatic carbocycles. The van der Waals surface area contributed by atoms with Gasteiger partial charge in [0.05, 0.1) is 27.2 Å². The highest BCUT2D eigenvalue weighted by atomic mass is 16.4. The zero-order chi connectivity index (χ0) is 20.9. The number of unbranched alkanes of at least 4 members (excludes halogenated alkanes) is 16. The van der Waals surface area contributed by atoms with Gasteiger partial charge in [-0.2, -0.15) is 0 Å². The first kappa shape index (κ1) is 30.6. The fourth-order valence-corrected chi connectivity index (χ4v) is 4.02. The van der Waals surface area contributed by atoms with E-state index in [2.05, 4.69) is 21.0 Å². The summed E-state index contributed by atoms with van der Waals surface area (Å²) >= 11 is 0. The first-order chi connectivity index (χ1) is 13.5. The number of aliphatic carboxylic acids is 1. The highest BCUT2D eigenvalue weighted by Gasteiger charge is 2.13. The summed E-state index contributed by atoms with van der Waals surface area (Å²) in [5.74, 6) is -0.654. The van der Waals surface area contributed by atoms with Crippen LogP contribution in [0.1, 0.15) is 129 Å². The van der Waals surface area contributed by atoms with Gasteiger partial charge in [-0.1, -0.05) is 90.4 Å². The van der Waals surface area contributed by atoms with Crippen molar-refractivity contribution < 1.29 is 19.9 Å². The topological polar surface area (TPSA) is 67.3 Å². The van der Waals surface area contributed by atoms with Gasteiger partial charge in [-0.15, -0.1) is 0 Å². The first-order valence-electron chi connectivity index (χ1n) is 12.5. The molecule has 0 amide bonds. The zero-order valence-corrected chi connectivity index (χ0v) is 20.1. The van der Waals surface area contributed by atoms with Crippen LogP contribution in [0.3, 0.4) is 0 Å². The number of hydrogen-bond donors (Lipinski definition) is 1. The van der Waals surface area contributed by atoms with Crippen molar-refractivity contribution in [3.63, 3.8) is 0 Å². The minimum absolute atomic E-state index is 0. The van der Waals surface area contributed by atoms with E-state index in [1.54, 1.807) is 0 Å². The highest BCUT2D eigenvalue weighted by Crippen LogP contribution is 2.14. The molecule has 0 bridgehead atoms. The lowest BCUT2D eigenvalue weighted by Crippen LogP contribution is -2.41. The van der Waals surface area contributed by atoms with E-state index in [1.807, 2.05) is 0 Å². The Hall–Kier alpha value is -0.610. The summed E-state index contributed by atoms with van der Waals surface area (Å²) < 4.78 is 1.19. The maximum absolute atomic E-state index is 10.5. The normalized spacial score (nSPS) is 11.4. The predicted molar refractivity (Wildman–Crippen MR) is 125 cm³/mol. The van der Waals surface area contributed by atoms with Crippen LogP contribution in [0.2, 0.25) is 0 Å². The van der Waals surface area contributed by atoms with Crippen molar-refractivity contribution in [3.05, 3.63) is 0 Å². The maximum atomic E-state index is 10.5. The Morgan fingerprint density at radius 2 is 0.897 bits per heavy atom. The second kappa shape index (κ2) is 22.1. The Kier molecular flexibility index (Phi) is 23.3. The predicted octanol–water partition coefficient (Wildman–Crippen LogP) is 7.40. The summed E-state index contributed by atoms with van der Waals surface area (Å²) in [7, 11) is 4.80. The minimum Gasteiger partial charge on any atom is -0.870 e. The van der Waals surface area contributed by atoms with Gasteiger partial charge in [0.25, 0.3) is 0 Å². The van der Waals surface area contributed by atoms with Gasteiger partial charge >= 0.3 is 5.97 Å². The minimum atomic E-state index is -0.654. The van der Waals surface area contributed by atoms with Gasteiger partial charge in [-0.3, -0.25) is 4.79 Å². The number of nitrogens with zero attached hydrogens (tertiary/aromatic N) is 1. The van der Waals surface area contributed by atoms with E-state index < -0.39 is 5.97 Å². The van der Waals surface area contributed by atoms with Crippen LogP contribution in [-0.2, 0) is 4.79 Å². The first-order valence-corrected chi connectivity index (χ1v) is 12.5. The standard InChI is InChI=1S/C25H51NO2.H2O/c1-4-5-6-7-8-9-11-14-17-20-23-26(2,3)24-21-18-15-12-10-13-16-19-22-25(27)28;/h4-24H2,1-3H3;1H2. The lowest BCUT2D eigenvalue weighted by Gasteiger charge is -2.30. The van der Waals surface area contributed by atoms with Gasteiger partial charge in [0.2, 0.25) is 0 Å². The van der Waals surface area contributed by atoms with Crippen LogP contribution in [-0.4, -0.2) is 48.2 Å². The van der Waals surface area contributed by atoms with E-state index in [4.69, 9.17) is 5.11 Å². The molecule has 0 saturated heterocycles. The van der Waals surface area contributed by atoms with Gasteiger partial charge in [-0.25, -0.2) is 0 Å². The molecule has 4 heteroatoms. The van der Waals surface area contributed by atoms with Crippen LogP contribution in [0.4, 0.5) is 0 Å². The molecule has 0 atom stereocenters. The highest BCUT2D eigenvalue weighted by molar-refractivity contribution is 5.66. The second-order valence-corrected chi connectivity index (χ2v) is 9.54. The zero-order valence-electron chi connectivity index (χ0n) is 20.1. The van der Waals surface area contributed by atoms with Crippen LogP contribution >= 0.6 is 0 Å². The van der Waals surface area contributed by atoms with E-state index in [0.717, 1.165) is 12.8 Å². The van der Waals surface area contributed by atoms with Crippen molar-refractivity contribution in [3.8, 4) is 0 Å². The number of carbonyl (C=O) groups is 1. The van der Waals surface area contributed by atoms with Crippen molar-refractivity contribution in [2.45, 2.75) is 129 Å². The Morgan fingerprint density at radius 3 is 1.24 bits per heavy atom. The van der Waals surface area contributed by atoms with Crippen molar-refractivity contribution in [1.82, 2.24) is 0 Å². The molecule has 0 unspecified atom stereocenters. The van der Waals surface area contributed by atoms with Crippen molar-refractivity contribution >= 4 is 5.97 Å². The monoisotopic (exact) mass is 415 g/mol. The molecule has 0 heterocycles. The summed E-state index contributed by atoms with van der Waals surface area (Å²) in [5, 5.41) is 8.61. The maximum Gasteiger partial charge on any atom is 0.303 e. The number of quaternary nitrogens is 1. The van der Waals surface area contributed by atoms with Crippen LogP contribution in [0, 0.1) is 0 Å². The van der Waals surface area contributed by atoms with Gasteiger partial charge in [-0.05, 0) is 32.1 Å². The molecular weight excluding hydrogens is 362 g/mol. The van der Waals surface area contributed by atoms with Crippen molar-refractivity contribution in [2.24, 2.45) is 0 Å². The quantitative estimate of drug-likeness (QED) is 0.148. The lowest BCUT2D eigenvalue weighted by molar-refractivity contribution is -0.890. The molecule has 2 N–H and O–H groups in total. The third-order valence-electron chi connectivity index (χ3n) is 6.02.